The highest BCUT2D eigenvalue weighted by Crippen LogP contribution is 2.67. The van der Waals surface area contributed by atoms with E-state index in [1.54, 1.807) is 5.57 Å². The summed E-state index contributed by atoms with van der Waals surface area (Å²) in [4.78, 5) is 0. The highest BCUT2D eigenvalue weighted by atomic mass is 16.3. The second-order valence-electron chi connectivity index (χ2n) is 12.6. The molecule has 4 aliphatic carbocycles. The molecule has 0 bridgehead atoms. The first kappa shape index (κ1) is 23.6. The van der Waals surface area contributed by atoms with Crippen molar-refractivity contribution in [3.63, 3.8) is 0 Å². The minimum absolute atomic E-state index is 0.105. The van der Waals surface area contributed by atoms with Crippen molar-refractivity contribution >= 4 is 0 Å². The van der Waals surface area contributed by atoms with E-state index in [2.05, 4.69) is 46.8 Å². The molecular formula is C29H48O2. The van der Waals surface area contributed by atoms with E-state index in [-0.39, 0.29) is 12.2 Å². The molecular weight excluding hydrogens is 380 g/mol. The van der Waals surface area contributed by atoms with E-state index in [9.17, 15) is 10.2 Å². The Morgan fingerprint density at radius 3 is 2.48 bits per heavy atom. The quantitative estimate of drug-likeness (QED) is 0.467. The summed E-state index contributed by atoms with van der Waals surface area (Å²) in [5.41, 5.74) is 3.63. The maximum absolute atomic E-state index is 10.2. The van der Waals surface area contributed by atoms with Gasteiger partial charge in [0.1, 0.15) is 0 Å². The third-order valence-corrected chi connectivity index (χ3v) is 10.7. The Labute approximate surface area is 191 Å². The molecule has 4 aliphatic rings. The van der Waals surface area contributed by atoms with Crippen molar-refractivity contribution in [1.29, 1.82) is 0 Å². The fraction of sp³-hybridized carbons (Fsp3) is 0.862. The normalized spacial score (nSPS) is 44.9. The minimum atomic E-state index is -0.326. The first-order valence-corrected chi connectivity index (χ1v) is 13.3. The molecule has 31 heavy (non-hydrogen) atoms. The van der Waals surface area contributed by atoms with Crippen molar-refractivity contribution in [2.24, 2.45) is 46.3 Å². The smallest absolute Gasteiger partial charge is 0.0724 e. The molecule has 0 aromatic heterocycles. The van der Waals surface area contributed by atoms with Gasteiger partial charge in [-0.15, -0.1) is 0 Å². The summed E-state index contributed by atoms with van der Waals surface area (Å²) in [6.07, 6.45) is 15.5. The zero-order valence-corrected chi connectivity index (χ0v) is 21.0. The summed E-state index contributed by atoms with van der Waals surface area (Å²) in [5.74, 6) is 4.46. The summed E-state index contributed by atoms with van der Waals surface area (Å²) >= 11 is 0. The van der Waals surface area contributed by atoms with Crippen LogP contribution in [0.2, 0.25) is 0 Å². The molecule has 0 heterocycles. The summed E-state index contributed by atoms with van der Waals surface area (Å²) in [6.45, 7) is 14.0. The van der Waals surface area contributed by atoms with Crippen molar-refractivity contribution in [1.82, 2.24) is 0 Å². The van der Waals surface area contributed by atoms with E-state index < -0.39 is 0 Å². The van der Waals surface area contributed by atoms with Crippen LogP contribution in [0, 0.1) is 46.3 Å². The molecule has 3 fully saturated rings. The molecule has 0 amide bonds. The van der Waals surface area contributed by atoms with Gasteiger partial charge in [0.25, 0.3) is 0 Å². The lowest BCUT2D eigenvalue weighted by atomic mass is 9.47. The zero-order chi connectivity index (χ0) is 22.6. The molecule has 176 valence electrons. The molecule has 0 saturated heterocycles. The van der Waals surface area contributed by atoms with E-state index in [0.717, 1.165) is 42.9 Å². The van der Waals surface area contributed by atoms with Crippen LogP contribution in [0.3, 0.4) is 0 Å². The van der Waals surface area contributed by atoms with Gasteiger partial charge in [-0.2, -0.15) is 0 Å². The second-order valence-corrected chi connectivity index (χ2v) is 12.6. The maximum Gasteiger partial charge on any atom is 0.0724 e. The van der Waals surface area contributed by atoms with Gasteiger partial charge in [0.15, 0.2) is 0 Å². The second kappa shape index (κ2) is 8.64. The Kier molecular flexibility index (Phi) is 6.56. The number of fused-ring (bicyclic) bond motifs is 5. The third kappa shape index (κ3) is 3.99. The lowest BCUT2D eigenvalue weighted by Crippen LogP contribution is -2.50. The lowest BCUT2D eigenvalue weighted by molar-refractivity contribution is -0.0565. The van der Waals surface area contributed by atoms with Crippen molar-refractivity contribution in [3.05, 3.63) is 23.3 Å². The molecule has 3 saturated carbocycles. The fourth-order valence-corrected chi connectivity index (χ4v) is 8.99. The van der Waals surface area contributed by atoms with Gasteiger partial charge >= 0.3 is 0 Å². The van der Waals surface area contributed by atoms with Gasteiger partial charge in [0.2, 0.25) is 0 Å². The van der Waals surface area contributed by atoms with Gasteiger partial charge in [-0.1, -0.05) is 52.3 Å². The zero-order valence-electron chi connectivity index (χ0n) is 21.0. The fourth-order valence-electron chi connectivity index (χ4n) is 8.99. The molecule has 0 spiro atoms. The molecule has 0 aliphatic heterocycles. The van der Waals surface area contributed by atoms with Gasteiger partial charge in [-0.3, -0.25) is 0 Å². The van der Waals surface area contributed by atoms with Crippen LogP contribution in [-0.2, 0) is 0 Å². The van der Waals surface area contributed by atoms with Gasteiger partial charge < -0.3 is 10.2 Å². The molecule has 1 unspecified atom stereocenters. The van der Waals surface area contributed by atoms with E-state index in [4.69, 9.17) is 0 Å². The average Bonchev–Trinajstić information content (AvgIpc) is 3.05. The van der Waals surface area contributed by atoms with Crippen LogP contribution in [0.5, 0.6) is 0 Å². The van der Waals surface area contributed by atoms with Crippen LogP contribution < -0.4 is 0 Å². The predicted molar refractivity (Wildman–Crippen MR) is 130 cm³/mol. The van der Waals surface area contributed by atoms with Crippen LogP contribution in [0.15, 0.2) is 23.3 Å². The number of hydrogen-bond acceptors (Lipinski definition) is 2. The Morgan fingerprint density at radius 1 is 1.06 bits per heavy atom. The monoisotopic (exact) mass is 428 g/mol. The summed E-state index contributed by atoms with van der Waals surface area (Å²) < 4.78 is 0. The Hall–Kier alpha value is -0.600. The van der Waals surface area contributed by atoms with Crippen LogP contribution in [0.25, 0.3) is 0 Å². The summed E-state index contributed by atoms with van der Waals surface area (Å²) in [5, 5.41) is 20.4. The standard InChI is InChI=1S/C29H48O2/c1-18(2)23(20(4)30)9-7-19(3)25-11-12-26-24-10-8-21-17-22(31)13-15-28(21,5)27(24)14-16-29(25,26)6/h8-9,18-20,22,24-27,30-31H,7,10-17H2,1-6H3/b23-9-/t19-,20?,22+,24+,25-,26+,27+,28+,29-/m1/s1. The topological polar surface area (TPSA) is 40.5 Å². The molecule has 0 aromatic carbocycles. The average molecular weight is 429 g/mol. The van der Waals surface area contributed by atoms with Gasteiger partial charge in [0.05, 0.1) is 12.2 Å². The number of aliphatic hydroxyl groups excluding tert-OH is 2. The lowest BCUT2D eigenvalue weighted by Gasteiger charge is -2.58. The number of rotatable bonds is 5. The van der Waals surface area contributed by atoms with Crippen LogP contribution >= 0.6 is 0 Å². The van der Waals surface area contributed by atoms with Crippen molar-refractivity contribution in [3.8, 4) is 0 Å². The molecule has 2 N–H and O–H groups in total. The van der Waals surface area contributed by atoms with Gasteiger partial charge in [0, 0.05) is 0 Å². The SMILES string of the molecule is CC(C)/C(=C/C[C@@H](C)[C@H]1CC[C@H]2[C@@H]3CC=C4C[C@@H](O)CC[C@]4(C)[C@H]3CC[C@]12C)C(C)O. The molecule has 0 radical (unpaired) electrons. The van der Waals surface area contributed by atoms with Crippen LogP contribution in [0.4, 0.5) is 0 Å². The van der Waals surface area contributed by atoms with Crippen LogP contribution in [0.1, 0.15) is 99.3 Å². The summed E-state index contributed by atoms with van der Waals surface area (Å²) in [6, 6.07) is 0. The van der Waals surface area contributed by atoms with Crippen molar-refractivity contribution < 1.29 is 10.2 Å². The largest absolute Gasteiger partial charge is 0.393 e. The van der Waals surface area contributed by atoms with Crippen LogP contribution in [-0.4, -0.2) is 22.4 Å². The molecule has 9 atom stereocenters. The highest BCUT2D eigenvalue weighted by molar-refractivity contribution is 5.25. The maximum atomic E-state index is 10.2. The number of allylic oxidation sites excluding steroid dienone is 2. The van der Waals surface area contributed by atoms with Gasteiger partial charge in [-0.25, -0.2) is 0 Å². The molecule has 2 nitrogen and oxygen atoms in total. The van der Waals surface area contributed by atoms with E-state index >= 15 is 0 Å². The molecule has 0 aromatic rings. The van der Waals surface area contributed by atoms with Crippen molar-refractivity contribution in [2.75, 3.05) is 0 Å². The van der Waals surface area contributed by atoms with Gasteiger partial charge in [-0.05, 0) is 117 Å². The van der Waals surface area contributed by atoms with E-state index in [1.807, 2.05) is 6.92 Å². The Bertz CT molecular complexity index is 708. The first-order chi connectivity index (χ1) is 14.6. The number of hydrogen-bond donors (Lipinski definition) is 2. The summed E-state index contributed by atoms with van der Waals surface area (Å²) in [7, 11) is 0. The third-order valence-electron chi connectivity index (χ3n) is 10.7. The highest BCUT2D eigenvalue weighted by Gasteiger charge is 2.59. The predicted octanol–water partition coefficient (Wildman–Crippen LogP) is 6.92. The van der Waals surface area contributed by atoms with E-state index in [1.165, 1.54) is 44.1 Å². The van der Waals surface area contributed by atoms with Crippen molar-refractivity contribution in [2.45, 2.75) is 112 Å². The molecule has 4 rings (SSSR count). The molecule has 2 heteroatoms. The Balaban J connectivity index is 1.51. The minimum Gasteiger partial charge on any atom is -0.393 e. The van der Waals surface area contributed by atoms with E-state index in [0.29, 0.717) is 22.7 Å². The Morgan fingerprint density at radius 2 is 1.81 bits per heavy atom. The first-order valence-electron chi connectivity index (χ1n) is 13.3. The number of aliphatic hydroxyl groups is 2.